The Hall–Kier alpha value is -2.84. The summed E-state index contributed by atoms with van der Waals surface area (Å²) in [6, 6.07) is 20.1. The molecule has 0 aliphatic heterocycles. The number of H-pyrrole nitrogens is 1. The number of fused-ring (bicyclic) bond motifs is 3. The maximum atomic E-state index is 13.1. The zero-order valence-corrected chi connectivity index (χ0v) is 21.5. The lowest BCUT2D eigenvalue weighted by Crippen LogP contribution is -2.35. The van der Waals surface area contributed by atoms with Crippen LogP contribution in [0.4, 0.5) is 0 Å². The number of nitrogens with one attached hydrogen (secondary N) is 1. The predicted octanol–water partition coefficient (Wildman–Crippen LogP) is 4.69. The summed E-state index contributed by atoms with van der Waals surface area (Å²) in [5.41, 5.74) is 3.36. The molecule has 2 atom stereocenters. The van der Waals surface area contributed by atoms with Gasteiger partial charge in [-0.1, -0.05) is 67.6 Å². The minimum Gasteiger partial charge on any atom is -0.389 e. The molecule has 0 saturated carbocycles. The second-order valence-corrected chi connectivity index (χ2v) is 10.9. The van der Waals surface area contributed by atoms with Gasteiger partial charge in [-0.05, 0) is 41.9 Å². The number of benzene rings is 2. The summed E-state index contributed by atoms with van der Waals surface area (Å²) in [7, 11) is 0. The first kappa shape index (κ1) is 24.8. The molecule has 0 bridgehead atoms. The van der Waals surface area contributed by atoms with Gasteiger partial charge in [-0.3, -0.25) is 9.69 Å². The Morgan fingerprint density at radius 2 is 1.83 bits per heavy atom. The van der Waals surface area contributed by atoms with Crippen LogP contribution in [0.3, 0.4) is 0 Å². The summed E-state index contributed by atoms with van der Waals surface area (Å²) in [4.78, 5) is 25.2. The zero-order valence-electron chi connectivity index (χ0n) is 20.7. The largest absolute Gasteiger partial charge is 0.389 e. The smallest absolute Gasteiger partial charge is 0.259 e. The highest BCUT2D eigenvalue weighted by Crippen LogP contribution is 2.35. The van der Waals surface area contributed by atoms with E-state index in [0.29, 0.717) is 38.0 Å². The molecule has 4 aromatic rings. The fourth-order valence-corrected chi connectivity index (χ4v) is 6.35. The second kappa shape index (κ2) is 11.5. The van der Waals surface area contributed by atoms with Gasteiger partial charge in [0.15, 0.2) is 0 Å². The number of aromatic nitrogens is 2. The number of ether oxygens (including phenoxy) is 1. The van der Waals surface area contributed by atoms with Crippen molar-refractivity contribution < 1.29 is 9.84 Å². The summed E-state index contributed by atoms with van der Waals surface area (Å²) < 4.78 is 5.77. The molecule has 0 radical (unpaired) electrons. The van der Waals surface area contributed by atoms with Crippen molar-refractivity contribution >= 4 is 21.6 Å². The predicted molar refractivity (Wildman–Crippen MR) is 144 cm³/mol. The van der Waals surface area contributed by atoms with E-state index >= 15 is 0 Å². The quantitative estimate of drug-likeness (QED) is 0.328. The van der Waals surface area contributed by atoms with Crippen LogP contribution in [0.5, 0.6) is 0 Å². The molecule has 1 aliphatic rings. The number of hydrogen-bond acceptors (Lipinski definition) is 6. The van der Waals surface area contributed by atoms with E-state index < -0.39 is 6.10 Å². The third kappa shape index (κ3) is 6.10. The number of aromatic amines is 1. The van der Waals surface area contributed by atoms with Crippen LogP contribution >= 0.6 is 11.3 Å². The molecule has 0 saturated heterocycles. The highest BCUT2D eigenvalue weighted by Gasteiger charge is 2.23. The molecule has 0 unspecified atom stereocenters. The van der Waals surface area contributed by atoms with Crippen molar-refractivity contribution in [3.8, 4) is 0 Å². The lowest BCUT2D eigenvalue weighted by Gasteiger charge is -2.25. The molecular weight excluding hydrogens is 470 g/mol. The Balaban J connectivity index is 1.31. The topological polar surface area (TPSA) is 78.5 Å². The first-order valence-corrected chi connectivity index (χ1v) is 13.5. The van der Waals surface area contributed by atoms with Gasteiger partial charge in [-0.25, -0.2) is 4.98 Å². The third-order valence-electron chi connectivity index (χ3n) is 6.73. The van der Waals surface area contributed by atoms with E-state index in [0.717, 1.165) is 40.6 Å². The van der Waals surface area contributed by atoms with E-state index in [2.05, 4.69) is 28.9 Å². The molecule has 5 rings (SSSR count). The van der Waals surface area contributed by atoms with Gasteiger partial charge in [0.05, 0.1) is 31.2 Å². The normalized spacial score (nSPS) is 16.4. The second-order valence-electron chi connectivity index (χ2n) is 9.85. The summed E-state index contributed by atoms with van der Waals surface area (Å²) in [5, 5.41) is 11.5. The van der Waals surface area contributed by atoms with Crippen LogP contribution in [0.15, 0.2) is 65.5 Å². The lowest BCUT2D eigenvalue weighted by molar-refractivity contribution is 0.00673. The Morgan fingerprint density at radius 1 is 1.11 bits per heavy atom. The Labute approximate surface area is 215 Å². The first-order valence-electron chi connectivity index (χ1n) is 12.6. The molecule has 36 heavy (non-hydrogen) atoms. The van der Waals surface area contributed by atoms with Gasteiger partial charge in [0.25, 0.3) is 5.56 Å². The van der Waals surface area contributed by atoms with Gasteiger partial charge in [-0.15, -0.1) is 11.3 Å². The van der Waals surface area contributed by atoms with Crippen molar-refractivity contribution in [3.05, 3.63) is 98.4 Å². The summed E-state index contributed by atoms with van der Waals surface area (Å²) in [6.45, 7) is 4.45. The van der Waals surface area contributed by atoms with Gasteiger partial charge < -0.3 is 14.8 Å². The van der Waals surface area contributed by atoms with E-state index in [-0.39, 0.29) is 12.2 Å². The van der Waals surface area contributed by atoms with E-state index in [1.54, 1.807) is 11.3 Å². The van der Waals surface area contributed by atoms with E-state index in [1.807, 2.05) is 48.5 Å². The third-order valence-corrected chi connectivity index (χ3v) is 7.88. The molecule has 2 aromatic carbocycles. The molecule has 0 amide bonds. The minimum atomic E-state index is -0.664. The van der Waals surface area contributed by atoms with Crippen molar-refractivity contribution in [1.29, 1.82) is 0 Å². The maximum absolute atomic E-state index is 13.1. The summed E-state index contributed by atoms with van der Waals surface area (Å²) >= 11 is 1.67. The Kier molecular flexibility index (Phi) is 7.92. The number of rotatable bonds is 10. The number of nitrogens with zero attached hydrogens (tertiary/aromatic N) is 2. The van der Waals surface area contributed by atoms with Gasteiger partial charge in [-0.2, -0.15) is 0 Å². The van der Waals surface area contributed by atoms with Crippen LogP contribution in [0.25, 0.3) is 10.2 Å². The van der Waals surface area contributed by atoms with Crippen LogP contribution in [0.1, 0.15) is 40.7 Å². The number of aryl methyl sites for hydroxylation is 1. The van der Waals surface area contributed by atoms with Gasteiger partial charge in [0.2, 0.25) is 0 Å². The number of hydrogen-bond donors (Lipinski definition) is 2. The van der Waals surface area contributed by atoms with Crippen molar-refractivity contribution in [1.82, 2.24) is 14.9 Å². The van der Waals surface area contributed by atoms with Crippen LogP contribution in [0, 0.1) is 5.92 Å². The number of aliphatic hydroxyl groups is 1. The molecule has 2 heterocycles. The summed E-state index contributed by atoms with van der Waals surface area (Å²) in [6.07, 6.45) is 2.44. The zero-order chi connectivity index (χ0) is 24.9. The monoisotopic (exact) mass is 503 g/mol. The van der Waals surface area contributed by atoms with Crippen LogP contribution < -0.4 is 5.56 Å². The maximum Gasteiger partial charge on any atom is 0.259 e. The highest BCUT2D eigenvalue weighted by atomic mass is 32.1. The van der Waals surface area contributed by atoms with Crippen molar-refractivity contribution in [3.63, 3.8) is 0 Å². The first-order chi connectivity index (χ1) is 17.5. The van der Waals surface area contributed by atoms with Gasteiger partial charge >= 0.3 is 0 Å². The molecule has 0 spiro atoms. The van der Waals surface area contributed by atoms with Gasteiger partial charge in [0.1, 0.15) is 10.7 Å². The lowest BCUT2D eigenvalue weighted by atomic mass is 9.89. The molecule has 1 aliphatic carbocycles. The molecule has 2 aromatic heterocycles. The van der Waals surface area contributed by atoms with Crippen LogP contribution in [-0.2, 0) is 37.3 Å². The average molecular weight is 504 g/mol. The molecule has 0 fully saturated rings. The summed E-state index contributed by atoms with van der Waals surface area (Å²) in [5.74, 6) is 1.28. The molecule has 7 heteroatoms. The standard InChI is InChI=1S/C29H33N3O3S/c1-20-12-13-24-25(14-20)36-29-27(24)28(34)30-26(31-29)17-32(15-21-8-4-2-5-9-21)16-23(33)19-35-18-22-10-6-3-7-11-22/h2-11,20,23,33H,12-19H2,1H3,(H,30,31,34)/t20-,23-/m0/s1. The van der Waals surface area contributed by atoms with Crippen LogP contribution in [-0.4, -0.2) is 39.2 Å². The SMILES string of the molecule is C[C@H]1CCc2c(sc3nc(CN(Cc4ccccc4)C[C@H](O)COCc4ccccc4)[nH]c(=O)c23)C1. The highest BCUT2D eigenvalue weighted by molar-refractivity contribution is 7.18. The van der Waals surface area contributed by atoms with E-state index in [1.165, 1.54) is 10.4 Å². The fourth-order valence-electron chi connectivity index (χ4n) is 4.94. The van der Waals surface area contributed by atoms with Crippen molar-refractivity contribution in [2.24, 2.45) is 5.92 Å². The fraction of sp³-hybridized carbons (Fsp3) is 0.379. The van der Waals surface area contributed by atoms with Crippen molar-refractivity contribution in [2.75, 3.05) is 13.2 Å². The Bertz CT molecular complexity index is 1340. The molecule has 188 valence electrons. The van der Waals surface area contributed by atoms with Crippen molar-refractivity contribution in [2.45, 2.75) is 52.0 Å². The minimum absolute atomic E-state index is 0.0477. The number of thiophene rings is 1. The van der Waals surface area contributed by atoms with E-state index in [9.17, 15) is 9.90 Å². The molecule has 2 N–H and O–H groups in total. The number of aliphatic hydroxyl groups excluding tert-OH is 1. The average Bonchev–Trinajstić information content (AvgIpc) is 3.23. The van der Waals surface area contributed by atoms with Crippen LogP contribution in [0.2, 0.25) is 0 Å². The van der Waals surface area contributed by atoms with Gasteiger partial charge in [0, 0.05) is 18.0 Å². The van der Waals surface area contributed by atoms with E-state index in [4.69, 9.17) is 9.72 Å². The molecular formula is C29H33N3O3S. The molecule has 6 nitrogen and oxygen atoms in total. The Morgan fingerprint density at radius 3 is 2.58 bits per heavy atom.